The van der Waals surface area contributed by atoms with Gasteiger partial charge in [0.15, 0.2) is 11.7 Å². The van der Waals surface area contributed by atoms with E-state index in [1.54, 1.807) is 6.92 Å². The molecule has 1 amide bonds. The van der Waals surface area contributed by atoms with E-state index in [1.165, 1.54) is 11.9 Å². The van der Waals surface area contributed by atoms with Gasteiger partial charge in [0.25, 0.3) is 0 Å². The van der Waals surface area contributed by atoms with Gasteiger partial charge in [-0.2, -0.15) is 0 Å². The summed E-state index contributed by atoms with van der Waals surface area (Å²) in [6, 6.07) is 0. The average Bonchev–Trinajstić information content (AvgIpc) is 2.27. The summed E-state index contributed by atoms with van der Waals surface area (Å²) in [7, 11) is 1.49. The van der Waals surface area contributed by atoms with Gasteiger partial charge in [0, 0.05) is 7.05 Å². The standard InChI is InChI=1S/C8H11NO4/c1-3-13-8(12)6-5(10)4-9(2)7(6)11/h6H,3-4H2,1-2H3. The first-order valence-corrected chi connectivity index (χ1v) is 4.02. The molecule has 1 rings (SSSR count). The van der Waals surface area contributed by atoms with E-state index in [9.17, 15) is 14.4 Å². The van der Waals surface area contributed by atoms with Crippen molar-refractivity contribution in [2.45, 2.75) is 6.92 Å². The number of nitrogens with zero attached hydrogens (tertiary/aromatic N) is 1. The van der Waals surface area contributed by atoms with Gasteiger partial charge in [-0.15, -0.1) is 0 Å². The van der Waals surface area contributed by atoms with Crippen molar-refractivity contribution < 1.29 is 19.1 Å². The molecule has 1 saturated heterocycles. The molecule has 72 valence electrons. The summed E-state index contributed by atoms with van der Waals surface area (Å²) in [5.74, 6) is -2.80. The molecule has 5 heteroatoms. The van der Waals surface area contributed by atoms with Gasteiger partial charge in [0.2, 0.25) is 5.91 Å². The van der Waals surface area contributed by atoms with E-state index in [2.05, 4.69) is 4.74 Å². The van der Waals surface area contributed by atoms with E-state index in [4.69, 9.17) is 0 Å². The third kappa shape index (κ3) is 1.68. The lowest BCUT2D eigenvalue weighted by molar-refractivity contribution is -0.153. The van der Waals surface area contributed by atoms with Gasteiger partial charge >= 0.3 is 5.97 Å². The summed E-state index contributed by atoms with van der Waals surface area (Å²) >= 11 is 0. The van der Waals surface area contributed by atoms with E-state index in [0.29, 0.717) is 0 Å². The van der Waals surface area contributed by atoms with E-state index >= 15 is 0 Å². The van der Waals surface area contributed by atoms with Crippen LogP contribution in [0.3, 0.4) is 0 Å². The van der Waals surface area contributed by atoms with Crippen LogP contribution in [0.4, 0.5) is 0 Å². The molecule has 0 radical (unpaired) electrons. The largest absolute Gasteiger partial charge is 0.465 e. The SMILES string of the molecule is CCOC(=O)C1C(=O)CN(C)C1=O. The molecule has 0 aromatic rings. The van der Waals surface area contributed by atoms with Crippen LogP contribution in [-0.4, -0.2) is 42.8 Å². The summed E-state index contributed by atoms with van der Waals surface area (Å²) in [6.07, 6.45) is 0. The Morgan fingerprint density at radius 1 is 1.62 bits per heavy atom. The van der Waals surface area contributed by atoms with Gasteiger partial charge in [-0.05, 0) is 6.92 Å². The zero-order valence-electron chi connectivity index (χ0n) is 7.57. The molecule has 0 aromatic carbocycles. The molecule has 1 aliphatic heterocycles. The zero-order chi connectivity index (χ0) is 10.0. The smallest absolute Gasteiger partial charge is 0.326 e. The van der Waals surface area contributed by atoms with Crippen molar-refractivity contribution in [3.63, 3.8) is 0 Å². The van der Waals surface area contributed by atoms with Crippen molar-refractivity contribution in [3.8, 4) is 0 Å². The quantitative estimate of drug-likeness (QED) is 0.417. The second-order valence-corrected chi connectivity index (χ2v) is 2.85. The Hall–Kier alpha value is -1.39. The fourth-order valence-corrected chi connectivity index (χ4v) is 1.22. The van der Waals surface area contributed by atoms with Crippen LogP contribution in [0.5, 0.6) is 0 Å². The minimum absolute atomic E-state index is 0.00230. The normalized spacial score (nSPS) is 22.3. The summed E-state index contributed by atoms with van der Waals surface area (Å²) in [6.45, 7) is 1.81. The molecule has 1 heterocycles. The maximum absolute atomic E-state index is 11.2. The molecule has 0 aliphatic carbocycles. The first kappa shape index (κ1) is 9.70. The highest BCUT2D eigenvalue weighted by Gasteiger charge is 2.43. The Bertz CT molecular complexity index is 261. The van der Waals surface area contributed by atoms with Gasteiger partial charge in [-0.3, -0.25) is 14.4 Å². The first-order chi connectivity index (χ1) is 6.07. The fourth-order valence-electron chi connectivity index (χ4n) is 1.22. The van der Waals surface area contributed by atoms with E-state index in [0.717, 1.165) is 0 Å². The van der Waals surface area contributed by atoms with Crippen LogP contribution in [0.15, 0.2) is 0 Å². The average molecular weight is 185 g/mol. The van der Waals surface area contributed by atoms with Crippen LogP contribution in [0.2, 0.25) is 0 Å². The molecule has 0 saturated carbocycles. The van der Waals surface area contributed by atoms with Crippen molar-refractivity contribution in [2.75, 3.05) is 20.2 Å². The number of Topliss-reactive ketones (excluding diaryl/α,β-unsaturated/α-hetero) is 1. The topological polar surface area (TPSA) is 63.7 Å². The minimum atomic E-state index is -1.22. The third-order valence-corrected chi connectivity index (χ3v) is 1.86. The number of likely N-dealkylation sites (N-methyl/N-ethyl adjacent to an activating group) is 1. The molecule has 1 fully saturated rings. The maximum Gasteiger partial charge on any atom is 0.326 e. The lowest BCUT2D eigenvalue weighted by Crippen LogP contribution is -2.30. The predicted molar refractivity (Wildman–Crippen MR) is 42.8 cm³/mol. The molecule has 0 bridgehead atoms. The van der Waals surface area contributed by atoms with E-state index in [1.807, 2.05) is 0 Å². The minimum Gasteiger partial charge on any atom is -0.465 e. The Morgan fingerprint density at radius 3 is 2.62 bits per heavy atom. The van der Waals surface area contributed by atoms with E-state index < -0.39 is 17.8 Å². The number of carbonyl (C=O) groups excluding carboxylic acids is 3. The number of ketones is 1. The molecule has 1 unspecified atom stereocenters. The number of amides is 1. The first-order valence-electron chi connectivity index (χ1n) is 4.02. The second kappa shape index (κ2) is 3.55. The number of rotatable bonds is 2. The van der Waals surface area contributed by atoms with Gasteiger partial charge in [-0.1, -0.05) is 0 Å². The molecule has 0 N–H and O–H groups in total. The number of hydrogen-bond donors (Lipinski definition) is 0. The van der Waals surface area contributed by atoms with Crippen LogP contribution in [0.25, 0.3) is 0 Å². The molecule has 5 nitrogen and oxygen atoms in total. The number of carbonyl (C=O) groups is 3. The van der Waals surface area contributed by atoms with Crippen LogP contribution < -0.4 is 0 Å². The Labute approximate surface area is 75.6 Å². The van der Waals surface area contributed by atoms with Crippen molar-refractivity contribution in [2.24, 2.45) is 5.92 Å². The summed E-state index contributed by atoms with van der Waals surface area (Å²) in [4.78, 5) is 34.7. The van der Waals surface area contributed by atoms with Crippen LogP contribution >= 0.6 is 0 Å². The van der Waals surface area contributed by atoms with Gasteiger partial charge in [-0.25, -0.2) is 0 Å². The second-order valence-electron chi connectivity index (χ2n) is 2.85. The van der Waals surface area contributed by atoms with Crippen molar-refractivity contribution in [1.29, 1.82) is 0 Å². The van der Waals surface area contributed by atoms with Crippen LogP contribution in [0, 0.1) is 5.92 Å². The monoisotopic (exact) mass is 185 g/mol. The van der Waals surface area contributed by atoms with Gasteiger partial charge in [0.05, 0.1) is 13.2 Å². The van der Waals surface area contributed by atoms with Crippen molar-refractivity contribution >= 4 is 17.7 Å². The highest BCUT2D eigenvalue weighted by atomic mass is 16.5. The molecular formula is C8H11NO4. The molecule has 0 spiro atoms. The summed E-state index contributed by atoms with van der Waals surface area (Å²) in [5, 5.41) is 0. The van der Waals surface area contributed by atoms with Crippen LogP contribution in [-0.2, 0) is 19.1 Å². The zero-order valence-corrected chi connectivity index (χ0v) is 7.57. The Balaban J connectivity index is 2.74. The molecule has 0 aromatic heterocycles. The molecular weight excluding hydrogens is 174 g/mol. The highest BCUT2D eigenvalue weighted by Crippen LogP contribution is 2.14. The number of esters is 1. The lowest BCUT2D eigenvalue weighted by Gasteiger charge is -2.07. The van der Waals surface area contributed by atoms with E-state index in [-0.39, 0.29) is 18.9 Å². The third-order valence-electron chi connectivity index (χ3n) is 1.86. The predicted octanol–water partition coefficient (Wildman–Crippen LogP) is -0.793. The number of likely N-dealkylation sites (tertiary alicyclic amines) is 1. The number of hydrogen-bond acceptors (Lipinski definition) is 4. The fraction of sp³-hybridized carbons (Fsp3) is 0.625. The molecule has 1 aliphatic rings. The Kier molecular flexibility index (Phi) is 2.65. The van der Waals surface area contributed by atoms with Crippen LogP contribution in [0.1, 0.15) is 6.92 Å². The maximum atomic E-state index is 11.2. The highest BCUT2D eigenvalue weighted by molar-refractivity contribution is 6.21. The molecule has 13 heavy (non-hydrogen) atoms. The molecule has 1 atom stereocenters. The summed E-state index contributed by atoms with van der Waals surface area (Å²) < 4.78 is 4.61. The van der Waals surface area contributed by atoms with Crippen molar-refractivity contribution in [3.05, 3.63) is 0 Å². The van der Waals surface area contributed by atoms with Crippen molar-refractivity contribution in [1.82, 2.24) is 4.90 Å². The van der Waals surface area contributed by atoms with Gasteiger partial charge in [0.1, 0.15) is 0 Å². The number of ether oxygens (including phenoxy) is 1. The lowest BCUT2D eigenvalue weighted by atomic mass is 10.1. The summed E-state index contributed by atoms with van der Waals surface area (Å²) in [5.41, 5.74) is 0. The van der Waals surface area contributed by atoms with Gasteiger partial charge < -0.3 is 9.64 Å². The Morgan fingerprint density at radius 2 is 2.23 bits per heavy atom.